The van der Waals surface area contributed by atoms with Crippen molar-refractivity contribution in [3.8, 4) is 0 Å². The predicted molar refractivity (Wildman–Crippen MR) is 179 cm³/mol. The minimum Gasteiger partial charge on any atom is -0.370 e. The van der Waals surface area contributed by atoms with Gasteiger partial charge in [-0.15, -0.1) is 0 Å². The second-order valence-electron chi connectivity index (χ2n) is 10.7. The Morgan fingerprint density at radius 2 is 1.67 bits per heavy atom. The zero-order chi connectivity index (χ0) is 32.5. The first-order valence-electron chi connectivity index (χ1n) is 15.6. The van der Waals surface area contributed by atoms with E-state index in [2.05, 4.69) is 75.3 Å². The van der Waals surface area contributed by atoms with Crippen molar-refractivity contribution in [3.63, 3.8) is 0 Å². The van der Waals surface area contributed by atoms with Gasteiger partial charge in [-0.1, -0.05) is 72.1 Å². The third-order valence-electron chi connectivity index (χ3n) is 7.58. The Bertz CT molecular complexity index is 922. The van der Waals surface area contributed by atoms with Gasteiger partial charge in [-0.25, -0.2) is 0 Å². The van der Waals surface area contributed by atoms with Crippen LogP contribution in [-0.4, -0.2) is 62.4 Å². The number of likely N-dealkylation sites (N-methyl/N-ethyl adjacent to an activating group) is 1. The van der Waals surface area contributed by atoms with Crippen molar-refractivity contribution >= 4 is 30.0 Å². The molecule has 2 amide bonds. The largest absolute Gasteiger partial charge is 0.370 e. The Kier molecular flexibility index (Phi) is 25.4. The number of hydrogen-bond acceptors (Lipinski definition) is 6. The average Bonchev–Trinajstić information content (AvgIpc) is 3.54. The number of hydrogen-bond donors (Lipinski definition) is 3. The van der Waals surface area contributed by atoms with Gasteiger partial charge in [-0.05, 0) is 88.7 Å². The summed E-state index contributed by atoms with van der Waals surface area (Å²) in [6, 6.07) is 6.57. The lowest BCUT2D eigenvalue weighted by molar-refractivity contribution is -0.118. The van der Waals surface area contributed by atoms with E-state index in [4.69, 9.17) is 15.5 Å². The van der Waals surface area contributed by atoms with Crippen LogP contribution in [-0.2, 0) is 20.8 Å². The van der Waals surface area contributed by atoms with Crippen LogP contribution in [0.15, 0.2) is 35.3 Å². The molecule has 2 rings (SSSR count). The summed E-state index contributed by atoms with van der Waals surface area (Å²) in [4.78, 5) is 37.6. The van der Waals surface area contributed by atoms with Crippen molar-refractivity contribution in [3.05, 3.63) is 41.5 Å². The van der Waals surface area contributed by atoms with Crippen LogP contribution in [0.2, 0.25) is 0 Å². The lowest BCUT2D eigenvalue weighted by Crippen LogP contribution is -2.36. The molecule has 0 radical (unpaired) electrons. The SMILES string of the molecule is C=C(CN(CC)CC)C(=O)NCC(CCC(C)=Nc1ccc(CC)cc1C)C1CCCC1.C=O.CCCC(N)=O.CN. The molecule has 0 spiro atoms. The predicted octanol–water partition coefficient (Wildman–Crippen LogP) is 5.91. The van der Waals surface area contributed by atoms with E-state index in [-0.39, 0.29) is 11.8 Å². The number of aliphatic imine (C=N–C) groups is 1. The average molecular weight is 588 g/mol. The second kappa shape index (κ2) is 25.8. The Morgan fingerprint density at radius 1 is 1.07 bits per heavy atom. The zero-order valence-electron chi connectivity index (χ0n) is 27.8. The highest BCUT2D eigenvalue weighted by atomic mass is 16.2. The van der Waals surface area contributed by atoms with Gasteiger partial charge in [0.15, 0.2) is 0 Å². The molecule has 1 aromatic carbocycles. The molecule has 240 valence electrons. The van der Waals surface area contributed by atoms with Gasteiger partial charge in [-0.2, -0.15) is 0 Å². The first-order valence-corrected chi connectivity index (χ1v) is 15.6. The van der Waals surface area contributed by atoms with E-state index in [0.717, 1.165) is 51.0 Å². The number of benzene rings is 1. The maximum atomic E-state index is 12.6. The van der Waals surface area contributed by atoms with Crippen molar-refractivity contribution in [1.29, 1.82) is 0 Å². The minimum absolute atomic E-state index is 0.0110. The van der Waals surface area contributed by atoms with E-state index in [0.29, 0.717) is 30.4 Å². The van der Waals surface area contributed by atoms with Crippen LogP contribution in [0.3, 0.4) is 0 Å². The number of rotatable bonds is 15. The molecule has 1 aliphatic rings. The first kappa shape index (κ1) is 41.3. The maximum Gasteiger partial charge on any atom is 0.247 e. The van der Waals surface area contributed by atoms with E-state index in [1.807, 2.05) is 13.7 Å². The number of nitrogens with zero attached hydrogens (tertiary/aromatic N) is 2. The van der Waals surface area contributed by atoms with Crippen LogP contribution in [0.25, 0.3) is 0 Å². The van der Waals surface area contributed by atoms with Crippen molar-refractivity contribution < 1.29 is 14.4 Å². The molecule has 8 heteroatoms. The smallest absolute Gasteiger partial charge is 0.247 e. The van der Waals surface area contributed by atoms with E-state index in [9.17, 15) is 9.59 Å². The molecule has 0 saturated heterocycles. The summed E-state index contributed by atoms with van der Waals surface area (Å²) >= 11 is 0. The van der Waals surface area contributed by atoms with Crippen LogP contribution < -0.4 is 16.8 Å². The summed E-state index contributed by atoms with van der Waals surface area (Å²) in [5.41, 5.74) is 14.8. The number of carbonyl (C=O) groups excluding carboxylic acids is 3. The van der Waals surface area contributed by atoms with Gasteiger partial charge in [0.05, 0.1) is 5.69 Å². The van der Waals surface area contributed by atoms with Crippen molar-refractivity contribution in [2.24, 2.45) is 28.3 Å². The van der Waals surface area contributed by atoms with Crippen molar-refractivity contribution in [1.82, 2.24) is 10.2 Å². The van der Waals surface area contributed by atoms with Gasteiger partial charge in [0.2, 0.25) is 11.8 Å². The highest BCUT2D eigenvalue weighted by molar-refractivity contribution is 5.93. The second-order valence-corrected chi connectivity index (χ2v) is 10.7. The van der Waals surface area contributed by atoms with E-state index >= 15 is 0 Å². The van der Waals surface area contributed by atoms with Gasteiger partial charge in [0.25, 0.3) is 0 Å². The minimum atomic E-state index is -0.211. The van der Waals surface area contributed by atoms with Crippen molar-refractivity contribution in [2.75, 3.05) is 33.2 Å². The normalized spacial score (nSPS) is 13.5. The molecular weight excluding hydrogens is 526 g/mol. The molecule has 1 unspecified atom stereocenters. The summed E-state index contributed by atoms with van der Waals surface area (Å²) in [5.74, 6) is 1.02. The van der Waals surface area contributed by atoms with Crippen LogP contribution in [0.1, 0.15) is 97.1 Å². The van der Waals surface area contributed by atoms with Crippen LogP contribution in [0.4, 0.5) is 5.69 Å². The molecule has 0 bridgehead atoms. The Hall–Kier alpha value is -2.84. The number of aryl methyl sites for hydroxylation is 2. The number of nitrogens with one attached hydrogen (secondary N) is 1. The molecule has 1 saturated carbocycles. The fourth-order valence-corrected chi connectivity index (χ4v) is 5.04. The summed E-state index contributed by atoms with van der Waals surface area (Å²) in [6.07, 6.45) is 9.69. The summed E-state index contributed by atoms with van der Waals surface area (Å²) in [6.45, 7) is 21.9. The molecule has 0 aromatic heterocycles. The number of carbonyl (C=O) groups is 3. The Balaban J connectivity index is 0. The van der Waals surface area contributed by atoms with Gasteiger partial charge < -0.3 is 21.6 Å². The van der Waals surface area contributed by atoms with E-state index in [1.165, 1.54) is 49.6 Å². The molecule has 8 nitrogen and oxygen atoms in total. The Morgan fingerprint density at radius 3 is 2.12 bits per heavy atom. The molecule has 0 heterocycles. The molecule has 0 aliphatic heterocycles. The monoisotopic (exact) mass is 587 g/mol. The first-order chi connectivity index (χ1) is 20.1. The molecule has 1 fully saturated rings. The molecular formula is C34H61N5O3. The van der Waals surface area contributed by atoms with E-state index in [1.54, 1.807) is 0 Å². The number of amides is 2. The molecule has 1 atom stereocenters. The van der Waals surface area contributed by atoms with Crippen molar-refractivity contribution in [2.45, 2.75) is 99.3 Å². The topological polar surface area (TPSA) is 131 Å². The van der Waals surface area contributed by atoms with Crippen LogP contribution in [0, 0.1) is 18.8 Å². The molecule has 5 N–H and O–H groups in total. The van der Waals surface area contributed by atoms with E-state index < -0.39 is 0 Å². The Labute approximate surface area is 256 Å². The molecule has 1 aromatic rings. The quantitative estimate of drug-likeness (QED) is 0.173. The fourth-order valence-electron chi connectivity index (χ4n) is 5.04. The lowest BCUT2D eigenvalue weighted by Gasteiger charge is -2.25. The molecule has 42 heavy (non-hydrogen) atoms. The molecule has 1 aliphatic carbocycles. The zero-order valence-corrected chi connectivity index (χ0v) is 27.8. The van der Waals surface area contributed by atoms with Gasteiger partial charge in [0, 0.05) is 30.8 Å². The fraction of sp³-hybridized carbons (Fsp3) is 0.647. The third kappa shape index (κ3) is 17.9. The van der Waals surface area contributed by atoms with Gasteiger partial charge in [0.1, 0.15) is 6.79 Å². The van der Waals surface area contributed by atoms with Crippen LogP contribution >= 0.6 is 0 Å². The van der Waals surface area contributed by atoms with Crippen LogP contribution in [0.5, 0.6) is 0 Å². The summed E-state index contributed by atoms with van der Waals surface area (Å²) in [5, 5.41) is 3.20. The summed E-state index contributed by atoms with van der Waals surface area (Å²) in [7, 11) is 1.50. The highest BCUT2D eigenvalue weighted by Gasteiger charge is 2.25. The highest BCUT2D eigenvalue weighted by Crippen LogP contribution is 2.34. The number of nitrogens with two attached hydrogens (primary N) is 2. The standard InChI is InChI=1S/C28H45N3O.C4H9NO.CH5N.CH2O/c1-7-24-15-17-27(21(4)18-24)30-23(6)14-16-26(25-12-10-11-13-25)19-29-28(32)22(5)20-31(8-2)9-3;1-2-3-4(5)6;2*1-2/h15,17-18,25-26H,5,7-14,16,19-20H2,1-4,6H3,(H,29,32);2-3H2,1H3,(H2,5,6);2H2,1H3;1H2. The van der Waals surface area contributed by atoms with Gasteiger partial charge in [-0.3, -0.25) is 19.5 Å². The third-order valence-corrected chi connectivity index (χ3v) is 7.58. The van der Waals surface area contributed by atoms with Gasteiger partial charge >= 0.3 is 0 Å². The summed E-state index contributed by atoms with van der Waals surface area (Å²) < 4.78 is 0. The lowest BCUT2D eigenvalue weighted by atomic mass is 9.86. The maximum absolute atomic E-state index is 12.6. The number of primary amides is 1.